The van der Waals surface area contributed by atoms with Crippen LogP contribution < -0.4 is 39.4 Å². The third-order valence-electron chi connectivity index (χ3n) is 3.62. The number of carboxylic acid groups (broad SMARTS) is 1. The fourth-order valence-corrected chi connectivity index (χ4v) is 2.72. The second kappa shape index (κ2) is 10.5. The maximum Gasteiger partial charge on any atom is 1.00 e. The van der Waals surface area contributed by atoms with Crippen LogP contribution in [0.5, 0.6) is 5.75 Å². The van der Waals surface area contributed by atoms with Crippen LogP contribution in [0.15, 0.2) is 59.1 Å². The van der Waals surface area contributed by atoms with E-state index in [-0.39, 0.29) is 36.0 Å². The van der Waals surface area contributed by atoms with Crippen LogP contribution in [0.1, 0.15) is 24.1 Å². The quantitative estimate of drug-likeness (QED) is 0.331. The van der Waals surface area contributed by atoms with E-state index in [9.17, 15) is 9.90 Å². The molecule has 0 saturated heterocycles. The molecule has 0 radical (unpaired) electrons. The van der Waals surface area contributed by atoms with Crippen molar-refractivity contribution >= 4 is 32.8 Å². The fourth-order valence-electron chi connectivity index (χ4n) is 2.37. The van der Waals surface area contributed by atoms with E-state index < -0.39 is 5.97 Å². The number of benzene rings is 2. The summed E-state index contributed by atoms with van der Waals surface area (Å²) in [6.07, 6.45) is 0.401. The van der Waals surface area contributed by atoms with Gasteiger partial charge in [0.1, 0.15) is 11.4 Å². The molecule has 2 aromatic carbocycles. The van der Waals surface area contributed by atoms with Gasteiger partial charge >= 0.3 is 29.6 Å². The number of carbonyl (C=O) groups is 1. The maximum atomic E-state index is 10.4. The molecule has 27 heavy (non-hydrogen) atoms. The molecule has 0 atom stereocenters. The van der Waals surface area contributed by atoms with Gasteiger partial charge < -0.3 is 14.6 Å². The molecule has 0 fully saturated rings. The van der Waals surface area contributed by atoms with Gasteiger partial charge in [-0.25, -0.2) is 4.98 Å². The van der Waals surface area contributed by atoms with Gasteiger partial charge in [-0.15, -0.1) is 0 Å². The molecule has 130 valence electrons. The molecule has 1 heterocycles. The van der Waals surface area contributed by atoms with Crippen molar-refractivity contribution in [2.45, 2.75) is 12.8 Å². The van der Waals surface area contributed by atoms with E-state index in [0.717, 1.165) is 20.9 Å². The molecule has 0 aliphatic rings. The Morgan fingerprint density at radius 2 is 1.93 bits per heavy atom. The number of pyridine rings is 1. The number of rotatable bonds is 5. The Bertz CT molecular complexity index is 1010. The number of carboxylic acids is 1. The van der Waals surface area contributed by atoms with Crippen molar-refractivity contribution < 1.29 is 44.2 Å². The van der Waals surface area contributed by atoms with Crippen LogP contribution in [0.3, 0.4) is 0 Å². The number of ether oxygens (including phenoxy) is 1. The second-order valence-electron chi connectivity index (χ2n) is 5.64. The first kappa shape index (κ1) is 21.5. The summed E-state index contributed by atoms with van der Waals surface area (Å²) in [7, 11) is 0. The van der Waals surface area contributed by atoms with Crippen LogP contribution >= 0.6 is 15.9 Å². The predicted molar refractivity (Wildman–Crippen MR) is 102 cm³/mol. The van der Waals surface area contributed by atoms with Gasteiger partial charge in [0.2, 0.25) is 0 Å². The van der Waals surface area contributed by atoms with Gasteiger partial charge in [-0.2, -0.15) is 0 Å². The van der Waals surface area contributed by atoms with Crippen molar-refractivity contribution in [3.05, 3.63) is 70.3 Å². The van der Waals surface area contributed by atoms with Crippen molar-refractivity contribution in [1.82, 2.24) is 4.98 Å². The third kappa shape index (κ3) is 6.67. The third-order valence-corrected chi connectivity index (χ3v) is 4.11. The molecular formula is C21H15BrNNaO3. The summed E-state index contributed by atoms with van der Waals surface area (Å²) in [6, 6.07) is 17.2. The monoisotopic (exact) mass is 431 g/mol. The summed E-state index contributed by atoms with van der Waals surface area (Å²) in [5.41, 5.74) is 2.38. The van der Waals surface area contributed by atoms with E-state index in [1.165, 1.54) is 0 Å². The van der Waals surface area contributed by atoms with E-state index in [4.69, 9.17) is 4.74 Å². The van der Waals surface area contributed by atoms with Crippen molar-refractivity contribution in [2.24, 2.45) is 0 Å². The van der Waals surface area contributed by atoms with Crippen LogP contribution in [-0.4, -0.2) is 17.6 Å². The topological polar surface area (TPSA) is 62.2 Å². The molecule has 0 bridgehead atoms. The largest absolute Gasteiger partial charge is 1.00 e. The molecule has 6 heteroatoms. The average molecular weight is 432 g/mol. The number of aliphatic carboxylic acids is 1. The minimum Gasteiger partial charge on any atom is -0.550 e. The summed E-state index contributed by atoms with van der Waals surface area (Å²) in [5, 5.41) is 11.5. The molecular weight excluding hydrogens is 417 g/mol. The zero-order valence-corrected chi connectivity index (χ0v) is 18.5. The minimum atomic E-state index is -1.07. The van der Waals surface area contributed by atoms with Gasteiger partial charge in [-0.3, -0.25) is 0 Å². The summed E-state index contributed by atoms with van der Waals surface area (Å²) in [4.78, 5) is 14.9. The maximum absolute atomic E-state index is 10.4. The second-order valence-corrected chi connectivity index (χ2v) is 6.55. The van der Waals surface area contributed by atoms with Crippen LogP contribution in [-0.2, 0) is 4.79 Å². The van der Waals surface area contributed by atoms with E-state index in [1.807, 2.05) is 54.6 Å². The SMILES string of the molecule is O=C([O-])CCCOc1cccc(C#Cc2ccc3ccc(Br)cc3n2)c1.[Na+]. The Labute approximate surface area is 188 Å². The van der Waals surface area contributed by atoms with Gasteiger partial charge in [0.05, 0.1) is 12.1 Å². The number of halogens is 1. The first-order valence-corrected chi connectivity index (χ1v) is 8.90. The number of aromatic nitrogens is 1. The summed E-state index contributed by atoms with van der Waals surface area (Å²) >= 11 is 3.45. The van der Waals surface area contributed by atoms with Crippen LogP contribution in [0.25, 0.3) is 10.9 Å². The Hall–Kier alpha value is -1.84. The molecule has 0 aliphatic heterocycles. The molecule has 0 aliphatic carbocycles. The first-order valence-electron chi connectivity index (χ1n) is 8.11. The number of hydrogen-bond acceptors (Lipinski definition) is 4. The number of carbonyl (C=O) groups excluding carboxylic acids is 1. The van der Waals surface area contributed by atoms with Gasteiger partial charge in [-0.05, 0) is 55.2 Å². The zero-order chi connectivity index (χ0) is 18.4. The average Bonchev–Trinajstić information content (AvgIpc) is 2.63. The van der Waals surface area contributed by atoms with Crippen molar-refractivity contribution in [3.8, 4) is 17.6 Å². The minimum absolute atomic E-state index is 0. The van der Waals surface area contributed by atoms with Crippen molar-refractivity contribution in [3.63, 3.8) is 0 Å². The predicted octanol–water partition coefficient (Wildman–Crippen LogP) is 0.310. The standard InChI is InChI=1S/C21H16BrNO3.Na/c22-17-9-7-16-8-11-18(23-20(16)14-17)10-6-15-3-1-4-19(13-15)26-12-2-5-21(24)25;/h1,3-4,7-9,11,13-14H,2,5,12H2,(H,24,25);/q;+1/p-1. The van der Waals surface area contributed by atoms with E-state index in [0.29, 0.717) is 24.5 Å². The number of nitrogens with zero attached hydrogens (tertiary/aromatic N) is 1. The fraction of sp³-hybridized carbons (Fsp3) is 0.143. The molecule has 3 aromatic rings. The number of fused-ring (bicyclic) bond motifs is 1. The van der Waals surface area contributed by atoms with Crippen molar-refractivity contribution in [2.75, 3.05) is 6.61 Å². The van der Waals surface area contributed by atoms with Gasteiger partial charge in [0, 0.05) is 21.4 Å². The first-order chi connectivity index (χ1) is 12.6. The van der Waals surface area contributed by atoms with E-state index in [1.54, 1.807) is 0 Å². The Morgan fingerprint density at radius 3 is 2.74 bits per heavy atom. The number of hydrogen-bond donors (Lipinski definition) is 0. The Kier molecular flexibility index (Phi) is 8.33. The van der Waals surface area contributed by atoms with Crippen LogP contribution in [0, 0.1) is 11.8 Å². The molecule has 0 amide bonds. The Morgan fingerprint density at radius 1 is 1.11 bits per heavy atom. The molecule has 0 unspecified atom stereocenters. The normalized spacial score (nSPS) is 9.81. The summed E-state index contributed by atoms with van der Waals surface area (Å²) < 4.78 is 6.52. The summed E-state index contributed by atoms with van der Waals surface area (Å²) in [5.74, 6) is 5.74. The van der Waals surface area contributed by atoms with Gasteiger partial charge in [0.15, 0.2) is 0 Å². The van der Waals surface area contributed by atoms with Crippen LogP contribution in [0.4, 0.5) is 0 Å². The molecule has 4 nitrogen and oxygen atoms in total. The summed E-state index contributed by atoms with van der Waals surface area (Å²) in [6.45, 7) is 0.325. The van der Waals surface area contributed by atoms with E-state index >= 15 is 0 Å². The molecule has 1 aromatic heterocycles. The van der Waals surface area contributed by atoms with Gasteiger partial charge in [-0.1, -0.05) is 40.0 Å². The molecule has 0 N–H and O–H groups in total. The molecule has 0 spiro atoms. The Balaban J connectivity index is 0.00000261. The molecule has 3 rings (SSSR count). The molecule has 0 saturated carbocycles. The smallest absolute Gasteiger partial charge is 0.550 e. The van der Waals surface area contributed by atoms with Gasteiger partial charge in [0.25, 0.3) is 0 Å². The van der Waals surface area contributed by atoms with Crippen molar-refractivity contribution in [1.29, 1.82) is 0 Å². The van der Waals surface area contributed by atoms with E-state index in [2.05, 4.69) is 32.8 Å². The zero-order valence-electron chi connectivity index (χ0n) is 14.9. The van der Waals surface area contributed by atoms with Crippen LogP contribution in [0.2, 0.25) is 0 Å².